The number of hydrogen-bond donors (Lipinski definition) is 5. The average molecular weight is 647 g/mol. The van der Waals surface area contributed by atoms with E-state index in [-0.39, 0.29) is 37.0 Å². The van der Waals surface area contributed by atoms with Gasteiger partial charge in [-0.15, -0.1) is 5.10 Å². The molecule has 0 bridgehead atoms. The summed E-state index contributed by atoms with van der Waals surface area (Å²) in [5, 5.41) is 29.1. The van der Waals surface area contributed by atoms with E-state index in [2.05, 4.69) is 37.2 Å². The molecule has 3 rings (SSSR count). The van der Waals surface area contributed by atoms with Crippen LogP contribution in [-0.4, -0.2) is 90.6 Å². The van der Waals surface area contributed by atoms with Gasteiger partial charge in [0.1, 0.15) is 29.7 Å². The normalized spacial score (nSPS) is 18.3. The molecule has 46 heavy (non-hydrogen) atoms. The fourth-order valence-corrected chi connectivity index (χ4v) is 4.29. The fourth-order valence-electron chi connectivity index (χ4n) is 4.29. The van der Waals surface area contributed by atoms with Crippen LogP contribution in [0.2, 0.25) is 0 Å². The number of nitrogens with one attached hydrogen (secondary N) is 1. The fraction of sp³-hybridized carbons (Fsp3) is 0.643. The second kappa shape index (κ2) is 19.9. The average Bonchev–Trinajstić information content (AvgIpc) is 3.65. The lowest BCUT2D eigenvalue weighted by Gasteiger charge is -2.15. The number of ether oxygens (including phenoxy) is 2. The molecular formula is C28H42N10O8. The van der Waals surface area contributed by atoms with E-state index in [1.807, 2.05) is 13.1 Å². The van der Waals surface area contributed by atoms with Crippen LogP contribution in [0.5, 0.6) is 0 Å². The largest absolute Gasteiger partial charge is 0.480 e. The number of Topliss-reactive ketones (excluding diaryl/α,β-unsaturated/α-hetero) is 1. The number of aliphatic hydroxyl groups is 1. The van der Waals surface area contributed by atoms with Gasteiger partial charge in [-0.2, -0.15) is 0 Å². The van der Waals surface area contributed by atoms with E-state index >= 15 is 0 Å². The van der Waals surface area contributed by atoms with Crippen LogP contribution in [0.1, 0.15) is 69.9 Å². The van der Waals surface area contributed by atoms with Crippen LogP contribution < -0.4 is 22.7 Å². The number of aromatic amines is 1. The molecular weight excluding hydrogens is 604 g/mol. The maximum Gasteiger partial charge on any atom is 0.330 e. The van der Waals surface area contributed by atoms with Crippen molar-refractivity contribution in [3.8, 4) is 11.8 Å². The molecule has 3 unspecified atom stereocenters. The highest BCUT2D eigenvalue weighted by Gasteiger charge is 2.37. The summed E-state index contributed by atoms with van der Waals surface area (Å²) in [6, 6.07) is -1.41. The van der Waals surface area contributed by atoms with E-state index < -0.39 is 41.6 Å². The molecule has 0 amide bonds. The number of H-pyrrole nitrogens is 1. The van der Waals surface area contributed by atoms with E-state index in [0.717, 1.165) is 25.0 Å². The van der Waals surface area contributed by atoms with Crippen molar-refractivity contribution in [1.82, 2.24) is 24.5 Å². The number of aromatic nitrogens is 5. The van der Waals surface area contributed by atoms with Crippen LogP contribution >= 0.6 is 0 Å². The third-order valence-electron chi connectivity index (χ3n) is 6.92. The molecule has 0 aromatic carbocycles. The summed E-state index contributed by atoms with van der Waals surface area (Å²) < 4.78 is 14.3. The van der Waals surface area contributed by atoms with Gasteiger partial charge in [-0.05, 0) is 51.5 Å². The molecule has 0 aliphatic carbocycles. The van der Waals surface area contributed by atoms with E-state index in [4.69, 9.17) is 31.6 Å². The first-order chi connectivity index (χ1) is 22.0. The Kier molecular flexibility index (Phi) is 16.4. The van der Waals surface area contributed by atoms with Crippen molar-refractivity contribution in [2.75, 3.05) is 19.8 Å². The topological polar surface area (TPSA) is 279 Å². The van der Waals surface area contributed by atoms with E-state index in [1.165, 1.54) is 17.7 Å². The van der Waals surface area contributed by atoms with Crippen LogP contribution in [0.4, 0.5) is 0 Å². The first-order valence-corrected chi connectivity index (χ1v) is 14.9. The quantitative estimate of drug-likeness (QED) is 0.0529. The van der Waals surface area contributed by atoms with Gasteiger partial charge in [-0.25, -0.2) is 4.79 Å². The molecule has 18 nitrogen and oxygen atoms in total. The number of aryl methyl sites for hydroxylation is 2. The van der Waals surface area contributed by atoms with Crippen molar-refractivity contribution in [3.05, 3.63) is 54.9 Å². The van der Waals surface area contributed by atoms with Gasteiger partial charge in [0.15, 0.2) is 0 Å². The van der Waals surface area contributed by atoms with Gasteiger partial charge in [-0.3, -0.25) is 28.6 Å². The number of carbonyl (C=O) groups is 2. The summed E-state index contributed by atoms with van der Waals surface area (Å²) in [6.07, 6.45) is 5.74. The highest BCUT2D eigenvalue weighted by molar-refractivity contribution is 5.81. The third kappa shape index (κ3) is 12.6. The molecule has 3 heterocycles. The second-order valence-corrected chi connectivity index (χ2v) is 10.4. The lowest BCUT2D eigenvalue weighted by Crippen LogP contribution is -2.33. The van der Waals surface area contributed by atoms with Gasteiger partial charge in [0.05, 0.1) is 24.4 Å². The molecule has 0 radical (unpaired) electrons. The highest BCUT2D eigenvalue weighted by Crippen LogP contribution is 2.29. The molecule has 1 aliphatic rings. The summed E-state index contributed by atoms with van der Waals surface area (Å²) in [5.41, 5.74) is 18.5. The molecule has 1 saturated heterocycles. The minimum absolute atomic E-state index is 0.0466. The van der Waals surface area contributed by atoms with E-state index in [1.54, 1.807) is 4.68 Å². The number of azide groups is 1. The van der Waals surface area contributed by atoms with Crippen LogP contribution in [0.3, 0.4) is 0 Å². The zero-order valence-corrected chi connectivity index (χ0v) is 25.9. The molecule has 5 atom stereocenters. The monoisotopic (exact) mass is 646 g/mol. The number of nitrogens with two attached hydrogens (primary N) is 2. The minimum Gasteiger partial charge on any atom is -0.480 e. The Labute approximate surface area is 264 Å². The first kappa shape index (κ1) is 37.8. The summed E-state index contributed by atoms with van der Waals surface area (Å²) in [6.45, 7) is 4.22. The van der Waals surface area contributed by atoms with Crippen molar-refractivity contribution in [2.45, 2.75) is 95.9 Å². The number of aliphatic carboxylic acids is 1. The molecule has 18 heteroatoms. The number of rotatable bonds is 16. The second-order valence-electron chi connectivity index (χ2n) is 10.4. The number of ketones is 1. The van der Waals surface area contributed by atoms with Gasteiger partial charge in [0, 0.05) is 49.8 Å². The smallest absolute Gasteiger partial charge is 0.330 e. The van der Waals surface area contributed by atoms with Gasteiger partial charge in [0.25, 0.3) is 5.56 Å². The molecule has 0 spiro atoms. The highest BCUT2D eigenvalue weighted by atomic mass is 16.6. The number of carbonyl (C=O) groups excluding carboxylic acids is 1. The van der Waals surface area contributed by atoms with Crippen LogP contribution in [0, 0.1) is 11.8 Å². The van der Waals surface area contributed by atoms with Gasteiger partial charge >= 0.3 is 11.7 Å². The van der Waals surface area contributed by atoms with Crippen LogP contribution in [0.15, 0.2) is 27.1 Å². The SMILES string of the molecule is CCOC1C[C@H](n2cc(C#CCCCCc3cn(CCC(N)C(C)=O)nn3)c(=O)[nH]c2=O)O[C@@H]1CO.[N-]=[N+]=NCCC(N)C(=O)O. The standard InChI is InChI=1S/C24H34N6O6.C4H8N4O2/c1-3-35-20-12-22(36-21(20)15-31)30-13-17(23(33)26-24(30)34)8-6-4-5-7-9-18-14-29(28-27-18)11-10-19(25)16(2)32;5-3(4(9)10)1-2-7-8-6/h13-14,19-22,31H,3-5,7,9-12,15,25H2,1-2H3,(H,26,33,34);3H,1-2,5H2,(H,9,10)/t19?,20?,21-,22-;/m1./s1. The number of carboxylic acids is 1. The molecule has 252 valence electrons. The number of unbranched alkanes of at least 4 members (excludes halogenated alkanes) is 2. The van der Waals surface area contributed by atoms with Crippen molar-refractivity contribution < 1.29 is 29.3 Å². The Balaban J connectivity index is 0.000000634. The molecule has 1 aliphatic heterocycles. The molecule has 0 saturated carbocycles. The van der Waals surface area contributed by atoms with Crippen molar-refractivity contribution in [2.24, 2.45) is 16.6 Å². The lowest BCUT2D eigenvalue weighted by molar-refractivity contribution is -0.138. The number of aliphatic hydroxyl groups excluding tert-OH is 1. The predicted octanol–water partition coefficient (Wildman–Crippen LogP) is -0.0174. The molecule has 7 N–H and O–H groups in total. The van der Waals surface area contributed by atoms with E-state index in [9.17, 15) is 24.3 Å². The maximum atomic E-state index is 12.3. The minimum atomic E-state index is -1.08. The number of carboxylic acid groups (broad SMARTS) is 1. The first-order valence-electron chi connectivity index (χ1n) is 14.9. The van der Waals surface area contributed by atoms with Gasteiger partial charge in [0.2, 0.25) is 0 Å². The molecule has 2 aromatic rings. The van der Waals surface area contributed by atoms with Crippen molar-refractivity contribution in [1.29, 1.82) is 0 Å². The van der Waals surface area contributed by atoms with E-state index in [0.29, 0.717) is 32.4 Å². The lowest BCUT2D eigenvalue weighted by atomic mass is 10.1. The Morgan fingerprint density at radius 3 is 2.70 bits per heavy atom. The van der Waals surface area contributed by atoms with Gasteiger partial charge in [-0.1, -0.05) is 22.2 Å². The number of nitrogens with zero attached hydrogens (tertiary/aromatic N) is 7. The zero-order valence-electron chi connectivity index (χ0n) is 25.9. The van der Waals surface area contributed by atoms with Crippen LogP contribution in [-0.2, 0) is 32.0 Å². The van der Waals surface area contributed by atoms with Crippen LogP contribution in [0.25, 0.3) is 10.4 Å². The van der Waals surface area contributed by atoms with Gasteiger partial charge < -0.3 is 31.2 Å². The zero-order chi connectivity index (χ0) is 34.1. The maximum absolute atomic E-state index is 12.3. The predicted molar refractivity (Wildman–Crippen MR) is 164 cm³/mol. The number of hydrogen-bond acceptors (Lipinski definition) is 12. The molecule has 1 fully saturated rings. The third-order valence-corrected chi connectivity index (χ3v) is 6.92. The Hall–Kier alpha value is -4.37. The molecule has 2 aromatic heterocycles. The Morgan fingerprint density at radius 1 is 1.28 bits per heavy atom. The Bertz CT molecular complexity index is 1500. The Morgan fingerprint density at radius 2 is 2.04 bits per heavy atom. The summed E-state index contributed by atoms with van der Waals surface area (Å²) in [5.74, 6) is 4.71. The summed E-state index contributed by atoms with van der Waals surface area (Å²) >= 11 is 0. The van der Waals surface area contributed by atoms with Crippen molar-refractivity contribution >= 4 is 11.8 Å². The summed E-state index contributed by atoms with van der Waals surface area (Å²) in [7, 11) is 0. The summed E-state index contributed by atoms with van der Waals surface area (Å²) in [4.78, 5) is 50.5. The van der Waals surface area contributed by atoms with Crippen molar-refractivity contribution in [3.63, 3.8) is 0 Å².